The Hall–Kier alpha value is -5.07. The Bertz CT molecular complexity index is 1780. The third-order valence-electron chi connectivity index (χ3n) is 8.17. The molecule has 0 fully saturated rings. The second-order valence-corrected chi connectivity index (χ2v) is 11.6. The molecular weight excluding hydrogens is 582 g/mol. The van der Waals surface area contributed by atoms with E-state index in [2.05, 4.69) is 10.6 Å². The first-order valence-corrected chi connectivity index (χ1v) is 14.9. The summed E-state index contributed by atoms with van der Waals surface area (Å²) in [6.45, 7) is 4.62. The molecule has 2 atom stereocenters. The molecule has 0 radical (unpaired) electrons. The molecule has 0 saturated carbocycles. The second kappa shape index (κ2) is 12.5. The van der Waals surface area contributed by atoms with Crippen LogP contribution >= 0.6 is 0 Å². The average molecular weight is 618 g/mol. The normalized spacial score (nSPS) is 17.1. The molecule has 0 saturated heterocycles. The Labute approximate surface area is 258 Å². The number of benzene rings is 1. The molecule has 3 aromatic rings. The zero-order valence-electron chi connectivity index (χ0n) is 25.3. The highest BCUT2D eigenvalue weighted by Crippen LogP contribution is 2.41. The maximum atomic E-state index is 13.8. The molecule has 236 valence electrons. The Morgan fingerprint density at radius 1 is 1.11 bits per heavy atom. The molecule has 45 heavy (non-hydrogen) atoms. The molecule has 0 bridgehead atoms. The number of amides is 3. The van der Waals surface area contributed by atoms with Gasteiger partial charge in [0.15, 0.2) is 0 Å². The van der Waals surface area contributed by atoms with Gasteiger partial charge in [-0.15, -0.1) is 0 Å². The van der Waals surface area contributed by atoms with Crippen molar-refractivity contribution >= 4 is 40.6 Å². The van der Waals surface area contributed by atoms with E-state index in [9.17, 15) is 28.8 Å². The van der Waals surface area contributed by atoms with Gasteiger partial charge in [-0.2, -0.15) is 0 Å². The van der Waals surface area contributed by atoms with Gasteiger partial charge < -0.3 is 30.4 Å². The highest BCUT2D eigenvalue weighted by molar-refractivity contribution is 5.92. The van der Waals surface area contributed by atoms with Gasteiger partial charge in [0.2, 0.25) is 23.3 Å². The van der Waals surface area contributed by atoms with Crippen molar-refractivity contribution in [1.29, 1.82) is 0 Å². The molecule has 2 aliphatic heterocycles. The fourth-order valence-corrected chi connectivity index (χ4v) is 5.73. The number of aromatic nitrogens is 2. The van der Waals surface area contributed by atoms with E-state index in [1.165, 1.54) is 0 Å². The van der Waals surface area contributed by atoms with Crippen LogP contribution in [-0.4, -0.2) is 51.8 Å². The molecule has 0 aliphatic carbocycles. The number of nitrogens with one attached hydrogen (secondary N) is 2. The largest absolute Gasteiger partial charge is 0.457 e. The van der Waals surface area contributed by atoms with E-state index in [1.54, 1.807) is 31.4 Å². The van der Waals surface area contributed by atoms with E-state index < -0.39 is 53.8 Å². The zero-order chi connectivity index (χ0) is 32.5. The summed E-state index contributed by atoms with van der Waals surface area (Å²) < 4.78 is 12.9. The van der Waals surface area contributed by atoms with Gasteiger partial charge in [0, 0.05) is 29.4 Å². The number of pyridine rings is 2. The number of ether oxygens (including phenoxy) is 2. The SMILES string of the molecule is CC[C@@]1(OC(=O)[C@@H](NC(=O)CNC(=O)CCCC(N)=O)C(C)C)C(=O)OCc2c1cc1n(c2=O)Cc2cc3ccccc3nc2-1. The highest BCUT2D eigenvalue weighted by Gasteiger charge is 2.51. The van der Waals surface area contributed by atoms with Crippen molar-refractivity contribution in [2.75, 3.05) is 6.54 Å². The van der Waals surface area contributed by atoms with Crippen LogP contribution in [0.5, 0.6) is 0 Å². The number of rotatable bonds is 11. The van der Waals surface area contributed by atoms with Gasteiger partial charge in [-0.05, 0) is 37.0 Å². The quantitative estimate of drug-likeness (QED) is 0.210. The van der Waals surface area contributed by atoms with Crippen molar-refractivity contribution in [2.45, 2.75) is 71.2 Å². The number of primary amides is 1. The Morgan fingerprint density at radius 3 is 2.58 bits per heavy atom. The molecule has 13 nitrogen and oxygen atoms in total. The van der Waals surface area contributed by atoms with Crippen molar-refractivity contribution in [3.8, 4) is 11.4 Å². The van der Waals surface area contributed by atoms with E-state index in [4.69, 9.17) is 20.2 Å². The minimum atomic E-state index is -1.94. The van der Waals surface area contributed by atoms with Crippen molar-refractivity contribution in [3.05, 3.63) is 63.4 Å². The van der Waals surface area contributed by atoms with Crippen LogP contribution in [0.4, 0.5) is 0 Å². The molecule has 0 unspecified atom stereocenters. The zero-order valence-corrected chi connectivity index (χ0v) is 25.3. The van der Waals surface area contributed by atoms with Gasteiger partial charge in [-0.25, -0.2) is 14.6 Å². The number of carbonyl (C=O) groups excluding carboxylic acids is 5. The number of hydrogen-bond acceptors (Lipinski definition) is 9. The van der Waals surface area contributed by atoms with Gasteiger partial charge in [0.05, 0.1) is 35.6 Å². The summed E-state index contributed by atoms with van der Waals surface area (Å²) in [5, 5.41) is 5.94. The Kier molecular flexibility index (Phi) is 8.71. The van der Waals surface area contributed by atoms with Gasteiger partial charge in [0.25, 0.3) is 5.56 Å². The number of para-hydroxylation sites is 1. The molecule has 4 N–H and O–H groups in total. The number of nitrogens with two attached hydrogens (primary N) is 1. The van der Waals surface area contributed by atoms with E-state index in [1.807, 2.05) is 30.3 Å². The van der Waals surface area contributed by atoms with Crippen LogP contribution in [0.2, 0.25) is 0 Å². The Balaban J connectivity index is 1.41. The van der Waals surface area contributed by atoms with Gasteiger partial charge in [-0.3, -0.25) is 19.2 Å². The summed E-state index contributed by atoms with van der Waals surface area (Å²) in [6, 6.07) is 10.1. The third kappa shape index (κ3) is 6.02. The number of cyclic esters (lactones) is 1. The fraction of sp³-hybridized carbons (Fsp3) is 0.406. The van der Waals surface area contributed by atoms with Crippen LogP contribution in [-0.2, 0) is 52.2 Å². The fourth-order valence-electron chi connectivity index (χ4n) is 5.73. The minimum absolute atomic E-state index is 0.00627. The first-order valence-electron chi connectivity index (χ1n) is 14.9. The van der Waals surface area contributed by atoms with Crippen molar-refractivity contribution in [3.63, 3.8) is 0 Å². The molecule has 4 heterocycles. The van der Waals surface area contributed by atoms with E-state index >= 15 is 0 Å². The third-order valence-corrected chi connectivity index (χ3v) is 8.17. The average Bonchev–Trinajstić information content (AvgIpc) is 3.36. The maximum absolute atomic E-state index is 13.8. The summed E-state index contributed by atoms with van der Waals surface area (Å²) in [7, 11) is 0. The molecule has 1 aromatic carbocycles. The number of hydrogen-bond donors (Lipinski definition) is 3. The molecule has 2 aliphatic rings. The van der Waals surface area contributed by atoms with Crippen LogP contribution in [0.1, 0.15) is 63.1 Å². The lowest BCUT2D eigenvalue weighted by Crippen LogP contribution is -2.53. The van der Waals surface area contributed by atoms with Crippen LogP contribution in [0.3, 0.4) is 0 Å². The summed E-state index contributed by atoms with van der Waals surface area (Å²) in [4.78, 5) is 81.2. The standard InChI is InChI=1S/C32H35N5O8/c1-4-32(45-30(42)27(17(2)3)36-26(40)14-34-25(39)11-7-10-24(33)38)21-13-23-28-19(12-18-8-5-6-9-22(18)35-28)15-37(23)29(41)20(21)16-44-31(32)43/h5-6,8-9,12-13,17,27H,4,7,10-11,14-16H2,1-3H3,(H2,33,38)(H,34,39)(H,36,40)/t27-,32-/m0/s1. The first-order chi connectivity index (χ1) is 21.4. The van der Waals surface area contributed by atoms with E-state index in [0.717, 1.165) is 16.5 Å². The number of nitrogens with zero attached hydrogens (tertiary/aromatic N) is 2. The molecular formula is C32H35N5O8. The molecule has 2 aromatic heterocycles. The van der Waals surface area contributed by atoms with Gasteiger partial charge >= 0.3 is 11.9 Å². The van der Waals surface area contributed by atoms with E-state index in [-0.39, 0.29) is 49.0 Å². The predicted octanol–water partition coefficient (Wildman–Crippen LogP) is 1.54. The predicted molar refractivity (Wildman–Crippen MR) is 161 cm³/mol. The second-order valence-electron chi connectivity index (χ2n) is 11.6. The highest BCUT2D eigenvalue weighted by atomic mass is 16.6. The molecule has 5 rings (SSSR count). The van der Waals surface area contributed by atoms with E-state index in [0.29, 0.717) is 17.9 Å². The summed E-state index contributed by atoms with van der Waals surface area (Å²) in [5.74, 6) is -3.82. The Morgan fingerprint density at radius 2 is 1.87 bits per heavy atom. The number of carbonyl (C=O) groups is 5. The maximum Gasteiger partial charge on any atom is 0.355 e. The minimum Gasteiger partial charge on any atom is -0.457 e. The number of esters is 2. The summed E-state index contributed by atoms with van der Waals surface area (Å²) >= 11 is 0. The first kappa shape index (κ1) is 31.4. The molecule has 13 heteroatoms. The lowest BCUT2D eigenvalue weighted by molar-refractivity contribution is -0.191. The molecule has 3 amide bonds. The van der Waals surface area contributed by atoms with Gasteiger partial charge in [0.1, 0.15) is 12.6 Å². The van der Waals surface area contributed by atoms with Crippen molar-refractivity contribution in [2.24, 2.45) is 11.7 Å². The summed E-state index contributed by atoms with van der Waals surface area (Å²) in [5.41, 5.74) is 5.90. The lowest BCUT2D eigenvalue weighted by Gasteiger charge is -2.37. The topological polar surface area (TPSA) is 189 Å². The van der Waals surface area contributed by atoms with Crippen LogP contribution in [0, 0.1) is 5.92 Å². The smallest absolute Gasteiger partial charge is 0.355 e. The van der Waals surface area contributed by atoms with Crippen molar-refractivity contribution < 1.29 is 33.4 Å². The van der Waals surface area contributed by atoms with Crippen molar-refractivity contribution in [1.82, 2.24) is 20.2 Å². The monoisotopic (exact) mass is 617 g/mol. The van der Waals surface area contributed by atoms with Crippen LogP contribution in [0.15, 0.2) is 41.2 Å². The van der Waals surface area contributed by atoms with Gasteiger partial charge in [-0.1, -0.05) is 39.0 Å². The van der Waals surface area contributed by atoms with Crippen LogP contribution in [0.25, 0.3) is 22.3 Å². The van der Waals surface area contributed by atoms with Crippen LogP contribution < -0.4 is 21.9 Å². The summed E-state index contributed by atoms with van der Waals surface area (Å²) in [6.07, 6.45) is 0.254. The lowest BCUT2D eigenvalue weighted by atomic mass is 9.85. The molecule has 0 spiro atoms. The number of fused-ring (bicyclic) bond motifs is 5.